The van der Waals surface area contributed by atoms with E-state index in [1.807, 2.05) is 54.6 Å². The molecular weight excluding hydrogens is 302 g/mol. The summed E-state index contributed by atoms with van der Waals surface area (Å²) in [7, 11) is 0. The summed E-state index contributed by atoms with van der Waals surface area (Å²) in [6.07, 6.45) is 1.80. The number of nitrogens with zero attached hydrogens (tertiary/aromatic N) is 2. The Kier molecular flexibility index (Phi) is 3.09. The normalized spacial score (nSPS) is 10.6. The van der Waals surface area contributed by atoms with Gasteiger partial charge < -0.3 is 5.73 Å². The van der Waals surface area contributed by atoms with Crippen LogP contribution in [0.15, 0.2) is 65.3 Å². The lowest BCUT2D eigenvalue weighted by Crippen LogP contribution is -2.01. The van der Waals surface area contributed by atoms with Crippen LogP contribution in [0.5, 0.6) is 0 Å². The maximum Gasteiger partial charge on any atom is 0.135 e. The van der Waals surface area contributed by atoms with Gasteiger partial charge in [-0.25, -0.2) is 4.68 Å². The van der Waals surface area contributed by atoms with Crippen molar-refractivity contribution in [2.45, 2.75) is 0 Å². The third-order valence-corrected chi connectivity index (χ3v) is 3.49. The fraction of sp³-hybridized carbons (Fsp3) is 0. The second-order valence-corrected chi connectivity index (χ2v) is 5.11. The van der Waals surface area contributed by atoms with E-state index in [0.29, 0.717) is 5.82 Å². The van der Waals surface area contributed by atoms with Crippen molar-refractivity contribution in [3.8, 4) is 16.8 Å². The van der Waals surface area contributed by atoms with Gasteiger partial charge in [0.1, 0.15) is 5.82 Å². The Hall–Kier alpha value is -2.07. The standard InChI is InChI=1S/C15H12BrN3/c16-12-6-8-13(9-7-12)19-15(17)14(10-18-19)11-4-2-1-3-5-11/h1-10H,17H2. The molecule has 0 spiro atoms. The number of hydrogen-bond donors (Lipinski definition) is 1. The van der Waals surface area contributed by atoms with Gasteiger partial charge in [-0.3, -0.25) is 0 Å². The monoisotopic (exact) mass is 313 g/mol. The molecule has 0 aliphatic rings. The molecule has 3 aromatic rings. The number of nitrogens with two attached hydrogens (primary N) is 1. The number of nitrogen functional groups attached to an aromatic ring is 1. The van der Waals surface area contributed by atoms with Crippen molar-refractivity contribution in [3.05, 3.63) is 65.3 Å². The molecule has 94 valence electrons. The molecule has 2 aromatic carbocycles. The third-order valence-electron chi connectivity index (χ3n) is 2.96. The summed E-state index contributed by atoms with van der Waals surface area (Å²) in [5, 5.41) is 4.37. The van der Waals surface area contributed by atoms with Gasteiger partial charge in [0.2, 0.25) is 0 Å². The van der Waals surface area contributed by atoms with Crippen molar-refractivity contribution in [3.63, 3.8) is 0 Å². The highest BCUT2D eigenvalue weighted by molar-refractivity contribution is 9.10. The Morgan fingerprint density at radius 1 is 0.947 bits per heavy atom. The molecule has 0 saturated heterocycles. The zero-order valence-electron chi connectivity index (χ0n) is 10.1. The SMILES string of the molecule is Nc1c(-c2ccccc2)cnn1-c1ccc(Br)cc1. The lowest BCUT2D eigenvalue weighted by molar-refractivity contribution is 0.891. The zero-order chi connectivity index (χ0) is 13.2. The van der Waals surface area contributed by atoms with Crippen molar-refractivity contribution < 1.29 is 0 Å². The molecule has 19 heavy (non-hydrogen) atoms. The minimum Gasteiger partial charge on any atom is -0.383 e. The van der Waals surface area contributed by atoms with E-state index in [1.165, 1.54) is 0 Å². The van der Waals surface area contributed by atoms with Gasteiger partial charge in [0.05, 0.1) is 11.9 Å². The maximum atomic E-state index is 6.19. The van der Waals surface area contributed by atoms with Gasteiger partial charge in [-0.05, 0) is 29.8 Å². The Bertz CT molecular complexity index is 687. The Labute approximate surface area is 119 Å². The number of hydrogen-bond acceptors (Lipinski definition) is 2. The van der Waals surface area contributed by atoms with E-state index in [1.54, 1.807) is 10.9 Å². The second kappa shape index (κ2) is 4.90. The predicted molar refractivity (Wildman–Crippen MR) is 81.1 cm³/mol. The first-order valence-corrected chi connectivity index (χ1v) is 6.70. The van der Waals surface area contributed by atoms with Gasteiger partial charge in [-0.1, -0.05) is 46.3 Å². The molecule has 3 nitrogen and oxygen atoms in total. The van der Waals surface area contributed by atoms with E-state index in [4.69, 9.17) is 5.73 Å². The van der Waals surface area contributed by atoms with Crippen molar-refractivity contribution >= 4 is 21.7 Å². The fourth-order valence-electron chi connectivity index (χ4n) is 1.99. The molecule has 4 heteroatoms. The minimum absolute atomic E-state index is 0.647. The summed E-state index contributed by atoms with van der Waals surface area (Å²) in [5.74, 6) is 0.647. The molecule has 0 fully saturated rings. The van der Waals surface area contributed by atoms with Crippen molar-refractivity contribution in [2.75, 3.05) is 5.73 Å². The zero-order valence-corrected chi connectivity index (χ0v) is 11.7. The van der Waals surface area contributed by atoms with Crippen LogP contribution < -0.4 is 5.73 Å². The third kappa shape index (κ3) is 2.27. The summed E-state index contributed by atoms with van der Waals surface area (Å²) in [6.45, 7) is 0. The largest absolute Gasteiger partial charge is 0.383 e. The number of halogens is 1. The molecule has 0 atom stereocenters. The molecule has 1 heterocycles. The highest BCUT2D eigenvalue weighted by Crippen LogP contribution is 2.27. The molecule has 0 amide bonds. The first-order chi connectivity index (χ1) is 9.25. The van der Waals surface area contributed by atoms with Crippen LogP contribution in [0.2, 0.25) is 0 Å². The van der Waals surface area contributed by atoms with Crippen LogP contribution in [-0.4, -0.2) is 9.78 Å². The van der Waals surface area contributed by atoms with Crippen LogP contribution in [0.1, 0.15) is 0 Å². The Balaban J connectivity index is 2.06. The highest BCUT2D eigenvalue weighted by Gasteiger charge is 2.10. The smallest absolute Gasteiger partial charge is 0.135 e. The summed E-state index contributed by atoms with van der Waals surface area (Å²) >= 11 is 3.42. The molecule has 0 radical (unpaired) electrons. The number of aromatic nitrogens is 2. The summed E-state index contributed by atoms with van der Waals surface area (Å²) in [6, 6.07) is 17.9. The molecule has 1 aromatic heterocycles. The molecule has 0 bridgehead atoms. The van der Waals surface area contributed by atoms with E-state index < -0.39 is 0 Å². The maximum absolute atomic E-state index is 6.19. The first kappa shape index (κ1) is 12.0. The van der Waals surface area contributed by atoms with Gasteiger partial charge in [0.15, 0.2) is 0 Å². The molecule has 0 unspecified atom stereocenters. The van der Waals surface area contributed by atoms with Crippen LogP contribution >= 0.6 is 15.9 Å². The summed E-state index contributed by atoms with van der Waals surface area (Å²) < 4.78 is 2.78. The molecule has 3 rings (SSSR count). The van der Waals surface area contributed by atoms with E-state index in [2.05, 4.69) is 21.0 Å². The van der Waals surface area contributed by atoms with Crippen LogP contribution in [0, 0.1) is 0 Å². The molecular formula is C15H12BrN3. The van der Waals surface area contributed by atoms with Gasteiger partial charge >= 0.3 is 0 Å². The Morgan fingerprint density at radius 2 is 1.63 bits per heavy atom. The second-order valence-electron chi connectivity index (χ2n) is 4.20. The van der Waals surface area contributed by atoms with Crippen LogP contribution in [-0.2, 0) is 0 Å². The summed E-state index contributed by atoms with van der Waals surface area (Å²) in [5.41, 5.74) is 9.16. The van der Waals surface area contributed by atoms with Gasteiger partial charge in [0, 0.05) is 10.0 Å². The lowest BCUT2D eigenvalue weighted by Gasteiger charge is -2.05. The van der Waals surface area contributed by atoms with Crippen molar-refractivity contribution in [1.82, 2.24) is 9.78 Å². The van der Waals surface area contributed by atoms with E-state index in [-0.39, 0.29) is 0 Å². The predicted octanol–water partition coefficient (Wildman–Crippen LogP) is 3.88. The average Bonchev–Trinajstić information content (AvgIpc) is 2.83. The Morgan fingerprint density at radius 3 is 2.32 bits per heavy atom. The molecule has 0 aliphatic heterocycles. The quantitative estimate of drug-likeness (QED) is 0.780. The van der Waals surface area contributed by atoms with E-state index in [9.17, 15) is 0 Å². The molecule has 0 saturated carbocycles. The number of benzene rings is 2. The average molecular weight is 314 g/mol. The molecule has 2 N–H and O–H groups in total. The minimum atomic E-state index is 0.647. The topological polar surface area (TPSA) is 43.8 Å². The highest BCUT2D eigenvalue weighted by atomic mass is 79.9. The number of rotatable bonds is 2. The van der Waals surface area contributed by atoms with E-state index in [0.717, 1.165) is 21.3 Å². The first-order valence-electron chi connectivity index (χ1n) is 5.90. The fourth-order valence-corrected chi connectivity index (χ4v) is 2.25. The van der Waals surface area contributed by atoms with Crippen LogP contribution in [0.4, 0.5) is 5.82 Å². The summed E-state index contributed by atoms with van der Waals surface area (Å²) in [4.78, 5) is 0. The number of anilines is 1. The van der Waals surface area contributed by atoms with E-state index >= 15 is 0 Å². The van der Waals surface area contributed by atoms with Crippen LogP contribution in [0.25, 0.3) is 16.8 Å². The van der Waals surface area contributed by atoms with Gasteiger partial charge in [0.25, 0.3) is 0 Å². The van der Waals surface area contributed by atoms with Gasteiger partial charge in [-0.2, -0.15) is 5.10 Å². The van der Waals surface area contributed by atoms with Crippen molar-refractivity contribution in [1.29, 1.82) is 0 Å². The van der Waals surface area contributed by atoms with Gasteiger partial charge in [-0.15, -0.1) is 0 Å². The van der Waals surface area contributed by atoms with Crippen molar-refractivity contribution in [2.24, 2.45) is 0 Å². The lowest BCUT2D eigenvalue weighted by atomic mass is 10.1. The van der Waals surface area contributed by atoms with Crippen LogP contribution in [0.3, 0.4) is 0 Å². The molecule has 0 aliphatic carbocycles.